The third-order valence-corrected chi connectivity index (χ3v) is 6.83. The number of ether oxygens (including phenoxy) is 1. The van der Waals surface area contributed by atoms with Crippen molar-refractivity contribution in [3.8, 4) is 5.75 Å². The topological polar surface area (TPSA) is 9.23 Å². The molecule has 2 aliphatic carbocycles. The zero-order valence-electron chi connectivity index (χ0n) is 17.3. The van der Waals surface area contributed by atoms with Gasteiger partial charge in [-0.25, -0.2) is 4.39 Å². The van der Waals surface area contributed by atoms with Gasteiger partial charge in [-0.15, -0.1) is 0 Å². The van der Waals surface area contributed by atoms with Gasteiger partial charge in [0.05, 0.1) is 6.61 Å². The molecule has 1 aromatic carbocycles. The molecular weight excluding hydrogens is 335 g/mol. The van der Waals surface area contributed by atoms with E-state index < -0.39 is 0 Å². The maximum atomic E-state index is 14.0. The lowest BCUT2D eigenvalue weighted by atomic mass is 9.70. The number of aryl methyl sites for hydroxylation is 1. The van der Waals surface area contributed by atoms with Crippen molar-refractivity contribution in [2.75, 3.05) is 6.61 Å². The first-order valence-corrected chi connectivity index (χ1v) is 11.3. The molecule has 0 heterocycles. The first-order chi connectivity index (χ1) is 13.2. The van der Waals surface area contributed by atoms with Crippen LogP contribution in [-0.4, -0.2) is 6.61 Å². The summed E-state index contributed by atoms with van der Waals surface area (Å²) in [6.45, 7) is 4.71. The van der Waals surface area contributed by atoms with Crippen LogP contribution >= 0.6 is 0 Å². The third-order valence-electron chi connectivity index (χ3n) is 6.83. The second-order valence-corrected chi connectivity index (χ2v) is 8.66. The molecule has 0 saturated heterocycles. The Morgan fingerprint density at radius 2 is 1.81 bits per heavy atom. The van der Waals surface area contributed by atoms with Gasteiger partial charge in [0.2, 0.25) is 0 Å². The van der Waals surface area contributed by atoms with E-state index in [1.807, 2.05) is 13.0 Å². The van der Waals surface area contributed by atoms with Gasteiger partial charge >= 0.3 is 0 Å². The van der Waals surface area contributed by atoms with E-state index in [2.05, 4.69) is 13.0 Å². The molecule has 2 heteroatoms. The first-order valence-electron chi connectivity index (χ1n) is 11.3. The summed E-state index contributed by atoms with van der Waals surface area (Å²) in [7, 11) is 0. The lowest BCUT2D eigenvalue weighted by Gasteiger charge is -2.35. The SMILES string of the molecule is CCC[C@H]1CC[C@H](C2CC=C(CCc3ccc(OCC)c(F)c3)CC2)CC1. The van der Waals surface area contributed by atoms with Crippen LogP contribution in [-0.2, 0) is 6.42 Å². The van der Waals surface area contributed by atoms with Crippen molar-refractivity contribution >= 4 is 0 Å². The number of benzene rings is 1. The van der Waals surface area contributed by atoms with E-state index in [1.165, 1.54) is 57.8 Å². The van der Waals surface area contributed by atoms with Crippen LogP contribution in [0.1, 0.15) is 83.6 Å². The summed E-state index contributed by atoms with van der Waals surface area (Å²) in [5.74, 6) is 3.03. The Balaban J connectivity index is 1.44. The fourth-order valence-electron chi connectivity index (χ4n) is 5.20. The van der Waals surface area contributed by atoms with Crippen LogP contribution in [0.3, 0.4) is 0 Å². The summed E-state index contributed by atoms with van der Waals surface area (Å²) in [6, 6.07) is 5.43. The molecule has 1 saturated carbocycles. The minimum Gasteiger partial charge on any atom is -0.491 e. The van der Waals surface area contributed by atoms with E-state index >= 15 is 0 Å². The monoisotopic (exact) mass is 372 g/mol. The second kappa shape index (κ2) is 10.3. The number of rotatable bonds is 8. The van der Waals surface area contributed by atoms with Crippen LogP contribution in [0.2, 0.25) is 0 Å². The van der Waals surface area contributed by atoms with Gasteiger partial charge in [-0.2, -0.15) is 0 Å². The van der Waals surface area contributed by atoms with E-state index in [0.717, 1.165) is 36.2 Å². The van der Waals surface area contributed by atoms with Gasteiger partial charge in [-0.1, -0.05) is 50.3 Å². The van der Waals surface area contributed by atoms with E-state index in [-0.39, 0.29) is 5.82 Å². The predicted octanol–water partition coefficient (Wildman–Crippen LogP) is 7.49. The van der Waals surface area contributed by atoms with E-state index in [4.69, 9.17) is 4.74 Å². The summed E-state index contributed by atoms with van der Waals surface area (Å²) < 4.78 is 19.3. The summed E-state index contributed by atoms with van der Waals surface area (Å²) in [6.07, 6.45) is 17.1. The van der Waals surface area contributed by atoms with Crippen LogP contribution in [0.5, 0.6) is 5.75 Å². The highest BCUT2D eigenvalue weighted by Gasteiger charge is 2.28. The summed E-state index contributed by atoms with van der Waals surface area (Å²) in [4.78, 5) is 0. The Hall–Kier alpha value is -1.31. The van der Waals surface area contributed by atoms with E-state index in [0.29, 0.717) is 12.4 Å². The highest BCUT2D eigenvalue weighted by molar-refractivity contribution is 5.30. The summed E-state index contributed by atoms with van der Waals surface area (Å²) in [5.41, 5.74) is 2.66. The average Bonchev–Trinajstić information content (AvgIpc) is 2.70. The zero-order valence-corrected chi connectivity index (χ0v) is 17.3. The van der Waals surface area contributed by atoms with Crippen molar-refractivity contribution in [2.45, 2.75) is 84.5 Å². The van der Waals surface area contributed by atoms with Gasteiger partial charge in [0, 0.05) is 0 Å². The molecule has 0 aliphatic heterocycles. The van der Waals surface area contributed by atoms with Gasteiger partial charge in [-0.3, -0.25) is 0 Å². The maximum Gasteiger partial charge on any atom is 0.165 e. The van der Waals surface area contributed by atoms with E-state index in [1.54, 1.807) is 17.7 Å². The van der Waals surface area contributed by atoms with Crippen LogP contribution in [0.4, 0.5) is 4.39 Å². The molecule has 1 fully saturated rings. The molecule has 150 valence electrons. The highest BCUT2D eigenvalue weighted by atomic mass is 19.1. The fraction of sp³-hybridized carbons (Fsp3) is 0.680. The van der Waals surface area contributed by atoms with Crippen molar-refractivity contribution in [3.05, 3.63) is 41.2 Å². The average molecular weight is 373 g/mol. The van der Waals surface area contributed by atoms with Gasteiger partial charge in [0.1, 0.15) is 0 Å². The first kappa shape index (κ1) is 20.4. The lowest BCUT2D eigenvalue weighted by molar-refractivity contribution is 0.186. The maximum absolute atomic E-state index is 14.0. The van der Waals surface area contributed by atoms with Crippen molar-refractivity contribution in [2.24, 2.45) is 17.8 Å². The summed E-state index contributed by atoms with van der Waals surface area (Å²) >= 11 is 0. The molecule has 2 aliphatic rings. The standard InChI is InChI=1S/C25H37FO/c1-3-5-19-8-13-22(14-9-19)23-15-10-20(11-16-23)6-7-21-12-17-25(27-4-2)24(26)18-21/h10,12,17-19,22-23H,3-9,11,13-16H2,1-2H3/t19-,22-,23?. The number of hydrogen-bond acceptors (Lipinski definition) is 1. The molecule has 1 atom stereocenters. The van der Waals surface area contributed by atoms with Gasteiger partial charge < -0.3 is 4.74 Å². The van der Waals surface area contributed by atoms with Gasteiger partial charge in [0.15, 0.2) is 11.6 Å². The largest absolute Gasteiger partial charge is 0.491 e. The minimum atomic E-state index is -0.231. The molecule has 1 unspecified atom stereocenters. The van der Waals surface area contributed by atoms with E-state index in [9.17, 15) is 4.39 Å². The van der Waals surface area contributed by atoms with Crippen LogP contribution in [0, 0.1) is 23.6 Å². The van der Waals surface area contributed by atoms with Crippen LogP contribution in [0.15, 0.2) is 29.8 Å². The van der Waals surface area contributed by atoms with Crippen LogP contribution in [0.25, 0.3) is 0 Å². The molecule has 1 nitrogen and oxygen atoms in total. The Labute approximate surface area is 165 Å². The fourth-order valence-corrected chi connectivity index (χ4v) is 5.20. The van der Waals surface area contributed by atoms with Crippen molar-refractivity contribution in [1.29, 1.82) is 0 Å². The molecule has 27 heavy (non-hydrogen) atoms. The zero-order chi connectivity index (χ0) is 19.1. The van der Waals surface area contributed by atoms with Gasteiger partial charge in [0.25, 0.3) is 0 Å². The minimum absolute atomic E-state index is 0.231. The van der Waals surface area contributed by atoms with Crippen molar-refractivity contribution in [1.82, 2.24) is 0 Å². The normalized spacial score (nSPS) is 25.9. The molecule has 0 N–H and O–H groups in total. The Morgan fingerprint density at radius 3 is 2.44 bits per heavy atom. The molecule has 0 bridgehead atoms. The molecule has 0 spiro atoms. The molecule has 3 rings (SSSR count). The molecule has 0 radical (unpaired) electrons. The molecule has 1 aromatic rings. The Kier molecular flexibility index (Phi) is 7.79. The molecule has 0 aromatic heterocycles. The summed E-state index contributed by atoms with van der Waals surface area (Å²) in [5, 5.41) is 0. The smallest absolute Gasteiger partial charge is 0.165 e. The highest BCUT2D eigenvalue weighted by Crippen LogP contribution is 2.41. The van der Waals surface area contributed by atoms with Crippen LogP contribution < -0.4 is 4.74 Å². The Morgan fingerprint density at radius 1 is 1.00 bits per heavy atom. The lowest BCUT2D eigenvalue weighted by Crippen LogP contribution is -2.23. The number of hydrogen-bond donors (Lipinski definition) is 0. The predicted molar refractivity (Wildman–Crippen MR) is 112 cm³/mol. The second-order valence-electron chi connectivity index (χ2n) is 8.66. The Bertz CT molecular complexity index is 613. The third kappa shape index (κ3) is 5.83. The molecule has 0 amide bonds. The quantitative estimate of drug-likeness (QED) is 0.429. The number of halogens is 1. The van der Waals surface area contributed by atoms with Crippen molar-refractivity contribution in [3.63, 3.8) is 0 Å². The number of allylic oxidation sites excluding steroid dienone is 2. The van der Waals surface area contributed by atoms with Crippen molar-refractivity contribution < 1.29 is 9.13 Å². The molecular formula is C25H37FO. The van der Waals surface area contributed by atoms with Gasteiger partial charge in [-0.05, 0) is 87.3 Å².